The van der Waals surface area contributed by atoms with Gasteiger partial charge < -0.3 is 10.2 Å². The Hall–Kier alpha value is -2.30. The standard InChI is InChI=1S/C20H28N4O/c1-15-5-7-18(8-6-15)20(2,3)14-21-19(25)24-10-9-16(13-24)17-11-22-23(4)12-17/h5-8,11-12,16H,9-10,13-14H2,1-4H3,(H,21,25)/t16-/m0/s1. The van der Waals surface area contributed by atoms with Crippen molar-refractivity contribution in [2.24, 2.45) is 7.05 Å². The number of rotatable bonds is 4. The minimum Gasteiger partial charge on any atom is -0.337 e. The average molecular weight is 340 g/mol. The number of urea groups is 1. The highest BCUT2D eigenvalue weighted by molar-refractivity contribution is 5.74. The van der Waals surface area contributed by atoms with Crippen LogP contribution in [0.2, 0.25) is 0 Å². The normalized spacial score (nSPS) is 17.8. The fraction of sp³-hybridized carbons (Fsp3) is 0.500. The third-order valence-corrected chi connectivity index (χ3v) is 5.19. The molecule has 1 saturated heterocycles. The molecule has 1 atom stereocenters. The molecule has 2 heterocycles. The van der Waals surface area contributed by atoms with Gasteiger partial charge in [-0.2, -0.15) is 5.10 Å². The highest BCUT2D eigenvalue weighted by Gasteiger charge is 2.29. The van der Waals surface area contributed by atoms with Gasteiger partial charge in [-0.25, -0.2) is 4.79 Å². The molecular weight excluding hydrogens is 312 g/mol. The third-order valence-electron chi connectivity index (χ3n) is 5.19. The molecule has 2 amide bonds. The van der Waals surface area contributed by atoms with Crippen LogP contribution >= 0.6 is 0 Å². The largest absolute Gasteiger partial charge is 0.337 e. The van der Waals surface area contributed by atoms with E-state index in [4.69, 9.17) is 0 Å². The summed E-state index contributed by atoms with van der Waals surface area (Å²) in [6, 6.07) is 8.58. The van der Waals surface area contributed by atoms with Gasteiger partial charge in [-0.3, -0.25) is 4.68 Å². The van der Waals surface area contributed by atoms with Crippen molar-refractivity contribution >= 4 is 6.03 Å². The molecule has 1 aliphatic heterocycles. The highest BCUT2D eigenvalue weighted by atomic mass is 16.2. The summed E-state index contributed by atoms with van der Waals surface area (Å²) in [5, 5.41) is 7.36. The predicted octanol–water partition coefficient (Wildman–Crippen LogP) is 3.21. The zero-order valence-corrected chi connectivity index (χ0v) is 15.6. The Morgan fingerprint density at radius 2 is 2.04 bits per heavy atom. The van der Waals surface area contributed by atoms with Crippen LogP contribution in [0.3, 0.4) is 0 Å². The molecule has 0 aliphatic carbocycles. The summed E-state index contributed by atoms with van der Waals surface area (Å²) in [6.07, 6.45) is 4.96. The van der Waals surface area contributed by atoms with Gasteiger partial charge in [0.25, 0.3) is 0 Å². The minimum absolute atomic E-state index is 0.0339. The maximum Gasteiger partial charge on any atom is 0.317 e. The molecule has 1 aromatic heterocycles. The first-order chi connectivity index (χ1) is 11.8. The van der Waals surface area contributed by atoms with Gasteiger partial charge in [0, 0.05) is 44.2 Å². The van der Waals surface area contributed by atoms with Crippen LogP contribution < -0.4 is 5.32 Å². The lowest BCUT2D eigenvalue weighted by Crippen LogP contribution is -2.43. The summed E-state index contributed by atoms with van der Waals surface area (Å²) in [5.74, 6) is 0.393. The number of nitrogens with zero attached hydrogens (tertiary/aromatic N) is 3. The second kappa shape index (κ2) is 6.90. The van der Waals surface area contributed by atoms with Crippen LogP contribution in [0.5, 0.6) is 0 Å². The monoisotopic (exact) mass is 340 g/mol. The Kier molecular flexibility index (Phi) is 4.84. The summed E-state index contributed by atoms with van der Waals surface area (Å²) in [6.45, 7) is 8.62. The molecule has 5 nitrogen and oxygen atoms in total. The van der Waals surface area contributed by atoms with Crippen molar-refractivity contribution in [3.05, 3.63) is 53.3 Å². The van der Waals surface area contributed by atoms with Crippen LogP contribution in [-0.2, 0) is 12.5 Å². The van der Waals surface area contributed by atoms with E-state index in [0.29, 0.717) is 12.5 Å². The Morgan fingerprint density at radius 3 is 2.68 bits per heavy atom. The van der Waals surface area contributed by atoms with Gasteiger partial charge in [0.05, 0.1) is 6.20 Å². The average Bonchev–Trinajstić information content (AvgIpc) is 3.22. The van der Waals surface area contributed by atoms with Crippen molar-refractivity contribution < 1.29 is 4.79 Å². The van der Waals surface area contributed by atoms with E-state index in [2.05, 4.69) is 55.5 Å². The van der Waals surface area contributed by atoms with Crippen molar-refractivity contribution in [1.29, 1.82) is 0 Å². The molecule has 1 fully saturated rings. The molecule has 25 heavy (non-hydrogen) atoms. The van der Waals surface area contributed by atoms with Crippen molar-refractivity contribution in [2.75, 3.05) is 19.6 Å². The Bertz CT molecular complexity index is 732. The summed E-state index contributed by atoms with van der Waals surface area (Å²) in [7, 11) is 1.93. The van der Waals surface area contributed by atoms with Crippen LogP contribution in [0.1, 0.15) is 42.9 Å². The molecule has 134 valence electrons. The van der Waals surface area contributed by atoms with Gasteiger partial charge in [-0.05, 0) is 24.5 Å². The summed E-state index contributed by atoms with van der Waals surface area (Å²) in [5.41, 5.74) is 3.62. The molecule has 1 aliphatic rings. The quantitative estimate of drug-likeness (QED) is 0.929. The molecule has 3 rings (SSSR count). The summed E-state index contributed by atoms with van der Waals surface area (Å²) in [4.78, 5) is 14.5. The number of hydrogen-bond donors (Lipinski definition) is 1. The van der Waals surface area contributed by atoms with Crippen molar-refractivity contribution in [3.8, 4) is 0 Å². The van der Waals surface area contributed by atoms with Crippen LogP contribution in [0.4, 0.5) is 4.79 Å². The number of aromatic nitrogens is 2. The van der Waals surface area contributed by atoms with Gasteiger partial charge in [-0.1, -0.05) is 43.7 Å². The van der Waals surface area contributed by atoms with Crippen molar-refractivity contribution in [1.82, 2.24) is 20.0 Å². The van der Waals surface area contributed by atoms with Gasteiger partial charge in [0.1, 0.15) is 0 Å². The second-order valence-corrected chi connectivity index (χ2v) is 7.79. The fourth-order valence-corrected chi connectivity index (χ4v) is 3.38. The van der Waals surface area contributed by atoms with Gasteiger partial charge in [0.15, 0.2) is 0 Å². The number of hydrogen-bond acceptors (Lipinski definition) is 2. The first-order valence-corrected chi connectivity index (χ1v) is 8.93. The minimum atomic E-state index is -0.0914. The molecule has 1 aromatic carbocycles. The van der Waals surface area contributed by atoms with E-state index in [1.165, 1.54) is 16.7 Å². The van der Waals surface area contributed by atoms with Crippen molar-refractivity contribution in [2.45, 2.75) is 38.5 Å². The zero-order valence-electron chi connectivity index (χ0n) is 15.6. The molecule has 0 spiro atoms. The molecule has 5 heteroatoms. The molecule has 1 N–H and O–H groups in total. The predicted molar refractivity (Wildman–Crippen MR) is 99.7 cm³/mol. The number of amides is 2. The van der Waals surface area contributed by atoms with Crippen LogP contribution in [0.15, 0.2) is 36.7 Å². The molecular formula is C20H28N4O. The zero-order chi connectivity index (χ0) is 18.0. The molecule has 0 saturated carbocycles. The van der Waals surface area contributed by atoms with Crippen molar-refractivity contribution in [3.63, 3.8) is 0 Å². The van der Waals surface area contributed by atoms with E-state index < -0.39 is 0 Å². The lowest BCUT2D eigenvalue weighted by Gasteiger charge is -2.27. The van der Waals surface area contributed by atoms with Gasteiger partial charge in [-0.15, -0.1) is 0 Å². The van der Waals surface area contributed by atoms with E-state index in [1.807, 2.05) is 29.0 Å². The van der Waals surface area contributed by atoms with Crippen LogP contribution in [0, 0.1) is 6.92 Å². The smallest absolute Gasteiger partial charge is 0.317 e. The van der Waals surface area contributed by atoms with E-state index in [1.54, 1.807) is 0 Å². The van der Waals surface area contributed by atoms with E-state index in [9.17, 15) is 4.79 Å². The number of likely N-dealkylation sites (tertiary alicyclic amines) is 1. The summed E-state index contributed by atoms with van der Waals surface area (Å²) >= 11 is 0. The number of aryl methyl sites for hydroxylation is 2. The van der Waals surface area contributed by atoms with Gasteiger partial charge >= 0.3 is 6.03 Å². The molecule has 0 unspecified atom stereocenters. The fourth-order valence-electron chi connectivity index (χ4n) is 3.38. The Balaban J connectivity index is 1.55. The molecule has 2 aromatic rings. The topological polar surface area (TPSA) is 50.2 Å². The van der Waals surface area contributed by atoms with Gasteiger partial charge in [0.2, 0.25) is 0 Å². The lowest BCUT2D eigenvalue weighted by molar-refractivity contribution is 0.205. The molecule has 0 bridgehead atoms. The highest BCUT2D eigenvalue weighted by Crippen LogP contribution is 2.27. The Labute approximate surface area is 150 Å². The number of benzene rings is 1. The number of nitrogens with one attached hydrogen (secondary N) is 1. The van der Waals surface area contributed by atoms with E-state index in [-0.39, 0.29) is 11.4 Å². The third kappa shape index (κ3) is 4.03. The maximum atomic E-state index is 12.6. The first kappa shape index (κ1) is 17.5. The lowest BCUT2D eigenvalue weighted by atomic mass is 9.84. The van der Waals surface area contributed by atoms with E-state index >= 15 is 0 Å². The second-order valence-electron chi connectivity index (χ2n) is 7.79. The SMILES string of the molecule is Cc1ccc(C(C)(C)CNC(=O)N2CC[C@H](c3cnn(C)c3)C2)cc1. The number of carbonyl (C=O) groups excluding carboxylic acids is 1. The maximum absolute atomic E-state index is 12.6. The molecule has 0 radical (unpaired) electrons. The first-order valence-electron chi connectivity index (χ1n) is 8.93. The Morgan fingerprint density at radius 1 is 1.32 bits per heavy atom. The van der Waals surface area contributed by atoms with Crippen LogP contribution in [0.25, 0.3) is 0 Å². The number of carbonyl (C=O) groups is 1. The van der Waals surface area contributed by atoms with E-state index in [0.717, 1.165) is 19.5 Å². The summed E-state index contributed by atoms with van der Waals surface area (Å²) < 4.78 is 1.82. The van der Waals surface area contributed by atoms with Crippen LogP contribution in [-0.4, -0.2) is 40.3 Å².